The Morgan fingerprint density at radius 2 is 2.11 bits per heavy atom. The van der Waals surface area contributed by atoms with E-state index in [1.807, 2.05) is 0 Å². The smallest absolute Gasteiger partial charge is 0.236 e. The first-order valence-corrected chi connectivity index (χ1v) is 6.38. The lowest BCUT2D eigenvalue weighted by Crippen LogP contribution is -2.39. The summed E-state index contributed by atoms with van der Waals surface area (Å²) in [6.45, 7) is 5.28. The summed E-state index contributed by atoms with van der Waals surface area (Å²) < 4.78 is 17.7. The summed E-state index contributed by atoms with van der Waals surface area (Å²) in [6.07, 6.45) is 0. The second-order valence-electron chi connectivity index (χ2n) is 4.55. The van der Waals surface area contributed by atoms with E-state index < -0.39 is 4.32 Å². The maximum Gasteiger partial charge on any atom is 0.236 e. The first-order valence-electron chi connectivity index (χ1n) is 5.59. The van der Waals surface area contributed by atoms with Crippen LogP contribution in [-0.2, 0) is 4.79 Å². The van der Waals surface area contributed by atoms with E-state index >= 15 is 0 Å². The van der Waals surface area contributed by atoms with E-state index in [2.05, 4.69) is 21.2 Å². The van der Waals surface area contributed by atoms with E-state index in [0.717, 1.165) is 0 Å². The molecule has 1 amide bonds. The summed E-state index contributed by atoms with van der Waals surface area (Å²) in [7, 11) is 1.51. The van der Waals surface area contributed by atoms with E-state index in [-0.39, 0.29) is 17.8 Å². The Bertz CT molecular complexity index is 443. The lowest BCUT2D eigenvalue weighted by molar-refractivity contribution is -0.123. The molecule has 0 aliphatic carbocycles. The predicted molar refractivity (Wildman–Crippen MR) is 72.5 cm³/mol. The Hall–Kier alpha value is -1.10. The molecule has 0 spiro atoms. The molecule has 18 heavy (non-hydrogen) atoms. The van der Waals surface area contributed by atoms with E-state index in [1.165, 1.54) is 19.2 Å². The molecule has 0 fully saturated rings. The molecule has 1 aromatic rings. The third-order valence-corrected chi connectivity index (χ3v) is 2.91. The van der Waals surface area contributed by atoms with Gasteiger partial charge in [0, 0.05) is 5.56 Å². The molecular weight excluding hydrogens is 301 g/mol. The molecule has 0 bridgehead atoms. The molecule has 1 atom stereocenters. The molecular formula is C13H17BrFNO2. The van der Waals surface area contributed by atoms with Crippen LogP contribution in [-0.4, -0.2) is 17.3 Å². The highest BCUT2D eigenvalue weighted by Gasteiger charge is 2.26. The maximum absolute atomic E-state index is 13.2. The summed E-state index contributed by atoms with van der Waals surface area (Å²) in [5, 5.41) is 2.81. The van der Waals surface area contributed by atoms with Gasteiger partial charge in [-0.3, -0.25) is 4.79 Å². The number of hydrogen-bond donors (Lipinski definition) is 1. The minimum Gasteiger partial charge on any atom is -0.496 e. The number of alkyl halides is 1. The molecule has 0 heterocycles. The molecule has 3 nitrogen and oxygen atoms in total. The fourth-order valence-corrected chi connectivity index (χ4v) is 1.60. The summed E-state index contributed by atoms with van der Waals surface area (Å²) in [5.74, 6) is 0.0305. The highest BCUT2D eigenvalue weighted by molar-refractivity contribution is 9.10. The molecule has 0 aromatic heterocycles. The van der Waals surface area contributed by atoms with Gasteiger partial charge in [0.2, 0.25) is 5.91 Å². The first-order chi connectivity index (χ1) is 8.25. The number of carbonyl (C=O) groups excluding carboxylic acids is 1. The highest BCUT2D eigenvalue weighted by Crippen LogP contribution is 2.27. The zero-order chi connectivity index (χ0) is 13.9. The van der Waals surface area contributed by atoms with Gasteiger partial charge in [0.25, 0.3) is 0 Å². The van der Waals surface area contributed by atoms with Crippen LogP contribution in [0.15, 0.2) is 18.2 Å². The van der Waals surface area contributed by atoms with Crippen molar-refractivity contribution < 1.29 is 13.9 Å². The largest absolute Gasteiger partial charge is 0.496 e. The van der Waals surface area contributed by atoms with Gasteiger partial charge >= 0.3 is 0 Å². The number of hydrogen-bond acceptors (Lipinski definition) is 2. The summed E-state index contributed by atoms with van der Waals surface area (Å²) in [5.41, 5.74) is 0.614. The Balaban J connectivity index is 2.93. The van der Waals surface area contributed by atoms with E-state index in [1.54, 1.807) is 26.8 Å². The molecule has 5 heteroatoms. The molecule has 1 N–H and O–H groups in total. The standard InChI is InChI=1S/C13H17BrFNO2/c1-8(16-12(17)13(2,3)14)10-7-9(15)5-6-11(10)18-4/h5-8H,1-4H3,(H,16,17). The quantitative estimate of drug-likeness (QED) is 0.866. The molecule has 1 unspecified atom stereocenters. The van der Waals surface area contributed by atoms with Gasteiger partial charge in [-0.15, -0.1) is 0 Å². The van der Waals surface area contributed by atoms with Gasteiger partial charge in [-0.2, -0.15) is 0 Å². The third-order valence-electron chi connectivity index (χ3n) is 2.55. The first kappa shape index (κ1) is 15.0. The van der Waals surface area contributed by atoms with Crippen LogP contribution >= 0.6 is 15.9 Å². The summed E-state index contributed by atoms with van der Waals surface area (Å²) in [6, 6.07) is 3.91. The fraction of sp³-hybridized carbons (Fsp3) is 0.462. The van der Waals surface area contributed by atoms with Crippen LogP contribution < -0.4 is 10.1 Å². The average molecular weight is 318 g/mol. The highest BCUT2D eigenvalue weighted by atomic mass is 79.9. The molecule has 1 rings (SSSR count). The monoisotopic (exact) mass is 317 g/mol. The fourth-order valence-electron chi connectivity index (χ4n) is 1.49. The number of rotatable bonds is 4. The zero-order valence-corrected chi connectivity index (χ0v) is 12.5. The van der Waals surface area contributed by atoms with Gasteiger partial charge in [-0.25, -0.2) is 4.39 Å². The topological polar surface area (TPSA) is 38.3 Å². The van der Waals surface area contributed by atoms with Gasteiger partial charge in [0.15, 0.2) is 0 Å². The number of carbonyl (C=O) groups is 1. The van der Waals surface area contributed by atoms with Crippen molar-refractivity contribution in [1.29, 1.82) is 0 Å². The molecule has 0 saturated heterocycles. The van der Waals surface area contributed by atoms with Crippen molar-refractivity contribution in [1.82, 2.24) is 5.32 Å². The van der Waals surface area contributed by atoms with Crippen molar-refractivity contribution in [3.8, 4) is 5.75 Å². The molecule has 0 aliphatic rings. The summed E-state index contributed by atoms with van der Waals surface area (Å²) >= 11 is 3.28. The number of benzene rings is 1. The average Bonchev–Trinajstić information content (AvgIpc) is 2.27. The number of methoxy groups -OCH3 is 1. The van der Waals surface area contributed by atoms with Crippen molar-refractivity contribution in [3.63, 3.8) is 0 Å². The second kappa shape index (κ2) is 5.69. The van der Waals surface area contributed by atoms with Crippen LogP contribution in [0, 0.1) is 5.82 Å². The molecule has 1 aromatic carbocycles. The second-order valence-corrected chi connectivity index (χ2v) is 6.54. The Morgan fingerprint density at radius 3 is 2.61 bits per heavy atom. The van der Waals surface area contributed by atoms with Crippen molar-refractivity contribution in [2.24, 2.45) is 0 Å². The lowest BCUT2D eigenvalue weighted by atomic mass is 10.1. The van der Waals surface area contributed by atoms with Crippen molar-refractivity contribution >= 4 is 21.8 Å². The minimum absolute atomic E-state index is 0.165. The van der Waals surface area contributed by atoms with Gasteiger partial charge in [-0.1, -0.05) is 15.9 Å². The SMILES string of the molecule is COc1ccc(F)cc1C(C)NC(=O)C(C)(C)Br. The van der Waals surface area contributed by atoms with Gasteiger partial charge in [0.05, 0.1) is 17.5 Å². The van der Waals surface area contributed by atoms with Crippen LogP contribution in [0.2, 0.25) is 0 Å². The van der Waals surface area contributed by atoms with Crippen molar-refractivity contribution in [2.45, 2.75) is 31.1 Å². The molecule has 100 valence electrons. The zero-order valence-electron chi connectivity index (χ0n) is 10.9. The Kier molecular flexibility index (Phi) is 4.73. The Morgan fingerprint density at radius 1 is 1.50 bits per heavy atom. The minimum atomic E-state index is -0.665. The number of halogens is 2. The van der Waals surface area contributed by atoms with Crippen LogP contribution in [0.1, 0.15) is 32.4 Å². The number of ether oxygens (including phenoxy) is 1. The van der Waals surface area contributed by atoms with Gasteiger partial charge in [-0.05, 0) is 39.0 Å². The van der Waals surface area contributed by atoms with Gasteiger partial charge in [0.1, 0.15) is 11.6 Å². The normalized spacial score (nSPS) is 13.0. The van der Waals surface area contributed by atoms with E-state index in [0.29, 0.717) is 11.3 Å². The number of amides is 1. The Labute approximate surface area is 115 Å². The van der Waals surface area contributed by atoms with Gasteiger partial charge < -0.3 is 10.1 Å². The van der Waals surface area contributed by atoms with Crippen LogP contribution in [0.4, 0.5) is 4.39 Å². The van der Waals surface area contributed by atoms with Crippen molar-refractivity contribution in [3.05, 3.63) is 29.6 Å². The van der Waals surface area contributed by atoms with Crippen LogP contribution in [0.3, 0.4) is 0 Å². The maximum atomic E-state index is 13.2. The third kappa shape index (κ3) is 3.70. The van der Waals surface area contributed by atoms with Crippen LogP contribution in [0.5, 0.6) is 5.75 Å². The van der Waals surface area contributed by atoms with E-state index in [4.69, 9.17) is 4.74 Å². The number of nitrogens with one attached hydrogen (secondary N) is 1. The predicted octanol–water partition coefficient (Wildman–Crippen LogP) is 3.19. The molecule has 0 radical (unpaired) electrons. The van der Waals surface area contributed by atoms with Crippen molar-refractivity contribution in [2.75, 3.05) is 7.11 Å². The van der Waals surface area contributed by atoms with Crippen LogP contribution in [0.25, 0.3) is 0 Å². The molecule has 0 saturated carbocycles. The summed E-state index contributed by atoms with van der Waals surface area (Å²) in [4.78, 5) is 11.8. The molecule has 0 aliphatic heterocycles. The van der Waals surface area contributed by atoms with E-state index in [9.17, 15) is 9.18 Å². The lowest BCUT2D eigenvalue weighted by Gasteiger charge is -2.22.